The van der Waals surface area contributed by atoms with Crippen molar-refractivity contribution in [3.05, 3.63) is 23.3 Å². The second kappa shape index (κ2) is 4.75. The van der Waals surface area contributed by atoms with Crippen LogP contribution in [0.5, 0.6) is 11.5 Å². The molecular formula is C13H17NO3. The van der Waals surface area contributed by atoms with E-state index in [2.05, 4.69) is 5.32 Å². The highest BCUT2D eigenvalue weighted by molar-refractivity contribution is 6.00. The van der Waals surface area contributed by atoms with Crippen LogP contribution in [-0.4, -0.2) is 25.2 Å². The molecule has 0 unspecified atom stereocenters. The number of benzene rings is 1. The van der Waals surface area contributed by atoms with Crippen molar-refractivity contribution in [3.63, 3.8) is 0 Å². The number of nitrogens with one attached hydrogen (secondary N) is 1. The molecule has 0 bridgehead atoms. The van der Waals surface area contributed by atoms with Crippen LogP contribution in [0, 0.1) is 6.92 Å². The Morgan fingerprint density at radius 3 is 2.94 bits per heavy atom. The summed E-state index contributed by atoms with van der Waals surface area (Å²) in [6, 6.07) is 3.43. The van der Waals surface area contributed by atoms with Crippen LogP contribution in [-0.2, 0) is 0 Å². The number of likely N-dealkylation sites (N-methyl/N-ethyl adjacent to an activating group) is 1. The van der Waals surface area contributed by atoms with Crippen molar-refractivity contribution in [1.82, 2.24) is 5.32 Å². The number of ketones is 1. The third-order valence-corrected chi connectivity index (χ3v) is 2.85. The summed E-state index contributed by atoms with van der Waals surface area (Å²) in [7, 11) is 0. The van der Waals surface area contributed by atoms with Crippen LogP contribution < -0.4 is 14.8 Å². The summed E-state index contributed by atoms with van der Waals surface area (Å²) in [5.41, 5.74) is 1.60. The fourth-order valence-electron chi connectivity index (χ4n) is 1.98. The Hall–Kier alpha value is -1.55. The molecule has 0 saturated carbocycles. The van der Waals surface area contributed by atoms with Gasteiger partial charge < -0.3 is 14.8 Å². The Balaban J connectivity index is 2.28. The fraction of sp³-hybridized carbons (Fsp3) is 0.462. The molecule has 17 heavy (non-hydrogen) atoms. The number of hydrogen-bond donors (Lipinski definition) is 1. The van der Waals surface area contributed by atoms with Crippen molar-refractivity contribution in [2.75, 3.05) is 13.3 Å². The molecule has 1 aliphatic rings. The zero-order chi connectivity index (χ0) is 12.4. The summed E-state index contributed by atoms with van der Waals surface area (Å²) in [6.07, 6.45) is 0. The van der Waals surface area contributed by atoms with Crippen LogP contribution in [0.15, 0.2) is 12.1 Å². The van der Waals surface area contributed by atoms with Crippen molar-refractivity contribution >= 4 is 5.78 Å². The van der Waals surface area contributed by atoms with Gasteiger partial charge in [-0.3, -0.25) is 4.79 Å². The van der Waals surface area contributed by atoms with Gasteiger partial charge in [0, 0.05) is 5.56 Å². The summed E-state index contributed by atoms with van der Waals surface area (Å²) in [5, 5.41) is 3.11. The highest BCUT2D eigenvalue weighted by Gasteiger charge is 2.21. The van der Waals surface area contributed by atoms with E-state index in [9.17, 15) is 4.79 Å². The lowest BCUT2D eigenvalue weighted by Crippen LogP contribution is -2.33. The predicted octanol–water partition coefficient (Wildman–Crippen LogP) is 1.90. The normalized spacial score (nSPS) is 14.8. The summed E-state index contributed by atoms with van der Waals surface area (Å²) in [6.45, 7) is 6.77. The number of aryl methyl sites for hydroxylation is 1. The molecule has 2 rings (SSSR count). The second-order valence-electron chi connectivity index (χ2n) is 4.17. The number of Topliss-reactive ketones (excluding diaryl/α,β-unsaturated/α-hetero) is 1. The Bertz CT molecular complexity index is 443. The van der Waals surface area contributed by atoms with Gasteiger partial charge in [0.2, 0.25) is 6.79 Å². The van der Waals surface area contributed by atoms with Crippen LogP contribution in [0.25, 0.3) is 0 Å². The van der Waals surface area contributed by atoms with Crippen LogP contribution in [0.4, 0.5) is 0 Å². The van der Waals surface area contributed by atoms with Crippen molar-refractivity contribution in [1.29, 1.82) is 0 Å². The Labute approximate surface area is 101 Å². The van der Waals surface area contributed by atoms with Crippen LogP contribution in [0.2, 0.25) is 0 Å². The SMILES string of the molecule is CCN[C@@H](C)C(=O)c1cc(C)c2c(c1)OCO2. The minimum Gasteiger partial charge on any atom is -0.454 e. The Morgan fingerprint density at radius 1 is 1.47 bits per heavy atom. The summed E-state index contributed by atoms with van der Waals surface area (Å²) in [5.74, 6) is 1.49. The number of hydrogen-bond acceptors (Lipinski definition) is 4. The zero-order valence-corrected chi connectivity index (χ0v) is 10.4. The molecule has 1 heterocycles. The standard InChI is InChI=1S/C13H17NO3/c1-4-14-9(3)12(15)10-5-8(2)13-11(6-10)16-7-17-13/h5-6,9,14H,4,7H2,1-3H3/t9-/m0/s1. The molecule has 1 atom stereocenters. The lowest BCUT2D eigenvalue weighted by molar-refractivity contribution is 0.0951. The molecule has 0 aromatic heterocycles. The van der Waals surface area contributed by atoms with Crippen molar-refractivity contribution in [3.8, 4) is 11.5 Å². The van der Waals surface area contributed by atoms with Gasteiger partial charge in [0.1, 0.15) is 0 Å². The average molecular weight is 235 g/mol. The first kappa shape index (κ1) is 11.9. The van der Waals surface area contributed by atoms with E-state index >= 15 is 0 Å². The molecule has 0 saturated heterocycles. The van der Waals surface area contributed by atoms with Crippen LogP contribution in [0.1, 0.15) is 29.8 Å². The first-order chi connectivity index (χ1) is 8.13. The topological polar surface area (TPSA) is 47.6 Å². The van der Waals surface area contributed by atoms with Gasteiger partial charge >= 0.3 is 0 Å². The molecule has 4 heteroatoms. The van der Waals surface area contributed by atoms with E-state index in [-0.39, 0.29) is 18.6 Å². The molecule has 1 aromatic rings. The summed E-state index contributed by atoms with van der Waals surface area (Å²) in [4.78, 5) is 12.1. The highest BCUT2D eigenvalue weighted by Crippen LogP contribution is 2.36. The lowest BCUT2D eigenvalue weighted by atomic mass is 10.0. The first-order valence-electron chi connectivity index (χ1n) is 5.81. The zero-order valence-electron chi connectivity index (χ0n) is 10.4. The maximum Gasteiger partial charge on any atom is 0.231 e. The van der Waals surface area contributed by atoms with E-state index in [4.69, 9.17) is 9.47 Å². The van der Waals surface area contributed by atoms with Crippen molar-refractivity contribution in [2.45, 2.75) is 26.8 Å². The second-order valence-corrected chi connectivity index (χ2v) is 4.17. The van der Waals surface area contributed by atoms with E-state index in [0.717, 1.165) is 17.9 Å². The van der Waals surface area contributed by atoms with Gasteiger partial charge in [-0.25, -0.2) is 0 Å². The molecule has 1 N–H and O–H groups in total. The molecule has 0 amide bonds. The van der Waals surface area contributed by atoms with E-state index in [1.54, 1.807) is 6.07 Å². The van der Waals surface area contributed by atoms with E-state index in [1.165, 1.54) is 0 Å². The van der Waals surface area contributed by atoms with Gasteiger partial charge in [0.25, 0.3) is 0 Å². The van der Waals surface area contributed by atoms with Crippen molar-refractivity contribution in [2.24, 2.45) is 0 Å². The van der Waals surface area contributed by atoms with Crippen LogP contribution >= 0.6 is 0 Å². The number of rotatable bonds is 4. The van der Waals surface area contributed by atoms with E-state index in [1.807, 2.05) is 26.8 Å². The molecule has 4 nitrogen and oxygen atoms in total. The minimum absolute atomic E-state index is 0.0771. The highest BCUT2D eigenvalue weighted by atomic mass is 16.7. The fourth-order valence-corrected chi connectivity index (χ4v) is 1.98. The Kier molecular flexibility index (Phi) is 3.33. The van der Waals surface area contributed by atoms with Crippen LogP contribution in [0.3, 0.4) is 0 Å². The van der Waals surface area contributed by atoms with Gasteiger partial charge in [-0.2, -0.15) is 0 Å². The molecule has 0 aliphatic carbocycles. The van der Waals surface area contributed by atoms with Gasteiger partial charge in [0.15, 0.2) is 17.3 Å². The lowest BCUT2D eigenvalue weighted by Gasteiger charge is -2.12. The third kappa shape index (κ3) is 2.26. The number of carbonyl (C=O) groups excluding carboxylic acids is 1. The molecule has 1 aliphatic heterocycles. The number of carbonyl (C=O) groups is 1. The monoisotopic (exact) mass is 235 g/mol. The maximum atomic E-state index is 12.1. The predicted molar refractivity (Wildman–Crippen MR) is 64.8 cm³/mol. The smallest absolute Gasteiger partial charge is 0.231 e. The number of fused-ring (bicyclic) bond motifs is 1. The summed E-state index contributed by atoms with van der Waals surface area (Å²) < 4.78 is 10.6. The molecule has 92 valence electrons. The molecule has 1 aromatic carbocycles. The summed E-state index contributed by atoms with van der Waals surface area (Å²) >= 11 is 0. The minimum atomic E-state index is -0.181. The largest absolute Gasteiger partial charge is 0.454 e. The maximum absolute atomic E-state index is 12.1. The molecule has 0 spiro atoms. The molecule has 0 fully saturated rings. The van der Waals surface area contributed by atoms with E-state index in [0.29, 0.717) is 11.3 Å². The molecular weight excluding hydrogens is 218 g/mol. The van der Waals surface area contributed by atoms with Crippen molar-refractivity contribution < 1.29 is 14.3 Å². The van der Waals surface area contributed by atoms with Gasteiger partial charge in [0.05, 0.1) is 6.04 Å². The van der Waals surface area contributed by atoms with Gasteiger partial charge in [-0.15, -0.1) is 0 Å². The van der Waals surface area contributed by atoms with Gasteiger partial charge in [-0.1, -0.05) is 6.92 Å². The van der Waals surface area contributed by atoms with E-state index < -0.39 is 0 Å². The molecule has 0 radical (unpaired) electrons. The third-order valence-electron chi connectivity index (χ3n) is 2.85. The number of ether oxygens (including phenoxy) is 2. The van der Waals surface area contributed by atoms with Gasteiger partial charge in [-0.05, 0) is 38.1 Å². The Morgan fingerprint density at radius 2 is 2.24 bits per heavy atom. The first-order valence-corrected chi connectivity index (χ1v) is 5.81. The average Bonchev–Trinajstić information content (AvgIpc) is 2.77. The quantitative estimate of drug-likeness (QED) is 0.810.